The number of carbonyl (C=O) groups excluding carboxylic acids is 1. The molecular weight excluding hydrogens is 354 g/mol. The average molecular weight is 381 g/mol. The summed E-state index contributed by atoms with van der Waals surface area (Å²) >= 11 is 1.94. The Bertz CT molecular complexity index is 576. The van der Waals surface area contributed by atoms with Crippen molar-refractivity contribution < 1.29 is 19.4 Å². The number of hydrogen-bond acceptors (Lipinski definition) is 5. The van der Waals surface area contributed by atoms with Gasteiger partial charge in [-0.15, -0.1) is 0 Å². The molecule has 1 saturated heterocycles. The highest BCUT2D eigenvalue weighted by molar-refractivity contribution is 7.99. The summed E-state index contributed by atoms with van der Waals surface area (Å²) in [6.07, 6.45) is 0.894. The predicted molar refractivity (Wildman–Crippen MR) is 103 cm³/mol. The molecule has 7 nitrogen and oxygen atoms in total. The van der Waals surface area contributed by atoms with E-state index in [9.17, 15) is 14.7 Å². The summed E-state index contributed by atoms with van der Waals surface area (Å²) in [7, 11) is 1.60. The van der Waals surface area contributed by atoms with Crippen LogP contribution in [0.1, 0.15) is 12.0 Å². The number of thioether (sulfide) groups is 1. The molecule has 26 heavy (non-hydrogen) atoms. The van der Waals surface area contributed by atoms with E-state index < -0.39 is 18.0 Å². The first-order valence-corrected chi connectivity index (χ1v) is 9.94. The van der Waals surface area contributed by atoms with Crippen LogP contribution in [0.15, 0.2) is 24.3 Å². The standard InChI is InChI=1S/C18H27N3O4S/c1-25-15-5-2-14(3-6-15)4-7-16(17(22)23)20-18(24)19-8-9-21-10-12-26-13-11-21/h2-3,5-6,16H,4,7-13H2,1H3,(H,22,23)(H2,19,20,24). The number of carboxylic acids is 1. The van der Waals surface area contributed by atoms with Gasteiger partial charge in [-0.3, -0.25) is 4.90 Å². The molecule has 144 valence electrons. The molecule has 1 aromatic rings. The largest absolute Gasteiger partial charge is 0.497 e. The first kappa shape index (κ1) is 20.4. The van der Waals surface area contributed by atoms with Gasteiger partial charge in [0.2, 0.25) is 0 Å². The Morgan fingerprint density at radius 2 is 1.96 bits per heavy atom. The minimum Gasteiger partial charge on any atom is -0.497 e. The van der Waals surface area contributed by atoms with Crippen LogP contribution < -0.4 is 15.4 Å². The third-order valence-electron chi connectivity index (χ3n) is 4.30. The van der Waals surface area contributed by atoms with Crippen molar-refractivity contribution in [1.29, 1.82) is 0 Å². The molecule has 2 amide bonds. The van der Waals surface area contributed by atoms with E-state index >= 15 is 0 Å². The molecule has 0 bridgehead atoms. The highest BCUT2D eigenvalue weighted by Gasteiger charge is 2.20. The van der Waals surface area contributed by atoms with Crippen LogP contribution in [0.2, 0.25) is 0 Å². The topological polar surface area (TPSA) is 90.9 Å². The first-order chi connectivity index (χ1) is 12.6. The van der Waals surface area contributed by atoms with Crippen molar-refractivity contribution >= 4 is 23.8 Å². The number of nitrogens with zero attached hydrogens (tertiary/aromatic N) is 1. The van der Waals surface area contributed by atoms with E-state index in [2.05, 4.69) is 15.5 Å². The fourth-order valence-corrected chi connectivity index (χ4v) is 3.70. The number of aryl methyl sites for hydroxylation is 1. The van der Waals surface area contributed by atoms with Crippen LogP contribution in [0, 0.1) is 0 Å². The van der Waals surface area contributed by atoms with Gasteiger partial charge in [-0.2, -0.15) is 11.8 Å². The smallest absolute Gasteiger partial charge is 0.326 e. The number of hydrogen-bond donors (Lipinski definition) is 3. The van der Waals surface area contributed by atoms with Gasteiger partial charge < -0.3 is 20.5 Å². The van der Waals surface area contributed by atoms with Crippen LogP contribution in [0.4, 0.5) is 4.79 Å². The summed E-state index contributed by atoms with van der Waals surface area (Å²) in [5.41, 5.74) is 1.00. The van der Waals surface area contributed by atoms with Crippen molar-refractivity contribution in [2.24, 2.45) is 0 Å². The Kier molecular flexibility index (Phi) is 8.57. The summed E-state index contributed by atoms with van der Waals surface area (Å²) in [5, 5.41) is 14.6. The fourth-order valence-electron chi connectivity index (χ4n) is 2.72. The SMILES string of the molecule is COc1ccc(CCC(NC(=O)NCCN2CCSCC2)C(=O)O)cc1. The van der Waals surface area contributed by atoms with Gasteiger partial charge in [0.15, 0.2) is 0 Å². The van der Waals surface area contributed by atoms with E-state index in [1.807, 2.05) is 36.0 Å². The zero-order valence-corrected chi connectivity index (χ0v) is 15.9. The van der Waals surface area contributed by atoms with Crippen molar-refractivity contribution in [2.45, 2.75) is 18.9 Å². The molecule has 0 saturated carbocycles. The molecule has 1 aliphatic heterocycles. The third kappa shape index (κ3) is 7.13. The molecular formula is C18H27N3O4S. The normalized spacial score (nSPS) is 15.9. The second-order valence-electron chi connectivity index (χ2n) is 6.13. The number of rotatable bonds is 9. The lowest BCUT2D eigenvalue weighted by Crippen LogP contribution is -2.48. The molecule has 0 aromatic heterocycles. The molecule has 0 radical (unpaired) electrons. The van der Waals surface area contributed by atoms with Crippen LogP contribution in [0.5, 0.6) is 5.75 Å². The molecule has 1 heterocycles. The fraction of sp³-hybridized carbons (Fsp3) is 0.556. The van der Waals surface area contributed by atoms with Gasteiger partial charge in [-0.1, -0.05) is 12.1 Å². The Balaban J connectivity index is 1.71. The zero-order valence-electron chi connectivity index (χ0n) is 15.1. The summed E-state index contributed by atoms with van der Waals surface area (Å²) in [4.78, 5) is 25.7. The summed E-state index contributed by atoms with van der Waals surface area (Å²) in [6.45, 7) is 3.38. The Morgan fingerprint density at radius 3 is 2.58 bits per heavy atom. The molecule has 1 fully saturated rings. The Hall–Kier alpha value is -1.93. The predicted octanol–water partition coefficient (Wildman–Crippen LogP) is 1.43. The maximum Gasteiger partial charge on any atom is 0.326 e. The zero-order chi connectivity index (χ0) is 18.8. The van der Waals surface area contributed by atoms with Gasteiger partial charge in [0.05, 0.1) is 7.11 Å². The first-order valence-electron chi connectivity index (χ1n) is 8.78. The molecule has 3 N–H and O–H groups in total. The number of aliphatic carboxylic acids is 1. The van der Waals surface area contributed by atoms with Crippen LogP contribution in [-0.2, 0) is 11.2 Å². The lowest BCUT2D eigenvalue weighted by Gasteiger charge is -2.26. The molecule has 0 spiro atoms. The second-order valence-corrected chi connectivity index (χ2v) is 7.36. The van der Waals surface area contributed by atoms with Gasteiger partial charge in [0.25, 0.3) is 0 Å². The summed E-state index contributed by atoms with van der Waals surface area (Å²) in [6, 6.07) is 6.13. The Morgan fingerprint density at radius 1 is 1.27 bits per heavy atom. The molecule has 2 rings (SSSR count). The van der Waals surface area contributed by atoms with E-state index in [-0.39, 0.29) is 0 Å². The average Bonchev–Trinajstić information content (AvgIpc) is 2.66. The van der Waals surface area contributed by atoms with Crippen LogP contribution >= 0.6 is 11.8 Å². The van der Waals surface area contributed by atoms with E-state index in [1.165, 1.54) is 0 Å². The van der Waals surface area contributed by atoms with Gasteiger partial charge in [0.1, 0.15) is 11.8 Å². The highest BCUT2D eigenvalue weighted by Crippen LogP contribution is 2.13. The lowest BCUT2D eigenvalue weighted by atomic mass is 10.1. The Labute approximate surface area is 158 Å². The molecule has 8 heteroatoms. The number of nitrogens with one attached hydrogen (secondary N) is 2. The van der Waals surface area contributed by atoms with Crippen LogP contribution in [-0.4, -0.2) is 72.8 Å². The van der Waals surface area contributed by atoms with Crippen molar-refractivity contribution in [1.82, 2.24) is 15.5 Å². The van der Waals surface area contributed by atoms with Crippen molar-refractivity contribution in [3.8, 4) is 5.75 Å². The minimum absolute atomic E-state index is 0.332. The molecule has 1 atom stereocenters. The molecule has 1 unspecified atom stereocenters. The van der Waals surface area contributed by atoms with Crippen molar-refractivity contribution in [3.05, 3.63) is 29.8 Å². The number of amides is 2. The van der Waals surface area contributed by atoms with E-state index in [0.29, 0.717) is 19.4 Å². The van der Waals surface area contributed by atoms with Crippen LogP contribution in [0.25, 0.3) is 0 Å². The summed E-state index contributed by atoms with van der Waals surface area (Å²) in [5.74, 6) is 1.98. The third-order valence-corrected chi connectivity index (χ3v) is 5.24. The van der Waals surface area contributed by atoms with E-state index in [1.54, 1.807) is 7.11 Å². The molecule has 0 aliphatic carbocycles. The van der Waals surface area contributed by atoms with Gasteiger partial charge in [-0.05, 0) is 30.5 Å². The van der Waals surface area contributed by atoms with Crippen molar-refractivity contribution in [2.75, 3.05) is 44.8 Å². The van der Waals surface area contributed by atoms with Gasteiger partial charge >= 0.3 is 12.0 Å². The number of methoxy groups -OCH3 is 1. The quantitative estimate of drug-likeness (QED) is 0.599. The molecule has 1 aromatic carbocycles. The van der Waals surface area contributed by atoms with Gasteiger partial charge in [-0.25, -0.2) is 9.59 Å². The highest BCUT2D eigenvalue weighted by atomic mass is 32.2. The number of ether oxygens (including phenoxy) is 1. The number of benzene rings is 1. The van der Waals surface area contributed by atoms with Gasteiger partial charge in [0, 0.05) is 37.7 Å². The lowest BCUT2D eigenvalue weighted by molar-refractivity contribution is -0.139. The van der Waals surface area contributed by atoms with E-state index in [0.717, 1.165) is 42.5 Å². The maximum atomic E-state index is 12.0. The summed E-state index contributed by atoms with van der Waals surface area (Å²) < 4.78 is 5.10. The molecule has 1 aliphatic rings. The second kappa shape index (κ2) is 10.9. The minimum atomic E-state index is -1.03. The monoisotopic (exact) mass is 381 g/mol. The number of urea groups is 1. The van der Waals surface area contributed by atoms with Crippen LogP contribution in [0.3, 0.4) is 0 Å². The van der Waals surface area contributed by atoms with Crippen molar-refractivity contribution in [3.63, 3.8) is 0 Å². The maximum absolute atomic E-state index is 12.0. The number of carboxylic acid groups (broad SMARTS) is 1. The van der Waals surface area contributed by atoms with E-state index in [4.69, 9.17) is 4.74 Å². The number of carbonyl (C=O) groups is 2.